The zero-order valence-corrected chi connectivity index (χ0v) is 16.9. The Balaban J connectivity index is 1.46. The lowest BCUT2D eigenvalue weighted by molar-refractivity contribution is 0.102. The largest absolute Gasteiger partial charge is 0.492 e. The number of nitrogens with zero attached hydrogens (tertiary/aromatic N) is 3. The number of carbonyl (C=O) groups excluding carboxylic acids is 1. The van der Waals surface area contributed by atoms with Gasteiger partial charge in [0.05, 0.1) is 12.1 Å². The molecule has 1 aromatic carbocycles. The minimum atomic E-state index is -0.266. The molecule has 0 spiro atoms. The van der Waals surface area contributed by atoms with Crippen molar-refractivity contribution >= 4 is 28.2 Å². The molecule has 3 aromatic rings. The molecular formula is C20H23N5O2S. The molecule has 7 nitrogen and oxygen atoms in total. The van der Waals surface area contributed by atoms with Gasteiger partial charge in [-0.15, -0.1) is 10.2 Å². The lowest BCUT2D eigenvalue weighted by Gasteiger charge is -2.19. The summed E-state index contributed by atoms with van der Waals surface area (Å²) >= 11 is 1.26. The molecule has 0 saturated heterocycles. The summed E-state index contributed by atoms with van der Waals surface area (Å²) in [6.07, 6.45) is 1.52. The topological polar surface area (TPSA) is 89.0 Å². The van der Waals surface area contributed by atoms with Crippen molar-refractivity contribution in [2.45, 2.75) is 26.2 Å². The summed E-state index contributed by atoms with van der Waals surface area (Å²) in [5, 5.41) is 13.8. The zero-order chi connectivity index (χ0) is 20.0. The van der Waals surface area contributed by atoms with Gasteiger partial charge >= 0.3 is 0 Å². The average molecular weight is 398 g/mol. The molecule has 0 bridgehead atoms. The van der Waals surface area contributed by atoms with Gasteiger partial charge in [0.25, 0.3) is 5.91 Å². The number of carbonyl (C=O) groups is 1. The Morgan fingerprint density at radius 1 is 1.21 bits per heavy atom. The number of aromatic nitrogens is 3. The van der Waals surface area contributed by atoms with Crippen LogP contribution >= 0.6 is 11.3 Å². The first-order valence-corrected chi connectivity index (χ1v) is 9.80. The molecule has 8 heteroatoms. The number of pyridine rings is 1. The van der Waals surface area contributed by atoms with Crippen LogP contribution in [0.2, 0.25) is 0 Å². The lowest BCUT2D eigenvalue weighted by atomic mass is 9.87. The van der Waals surface area contributed by atoms with E-state index in [4.69, 9.17) is 4.74 Å². The third-order valence-corrected chi connectivity index (χ3v) is 4.59. The van der Waals surface area contributed by atoms with Crippen LogP contribution in [0.15, 0.2) is 48.1 Å². The van der Waals surface area contributed by atoms with Gasteiger partial charge in [-0.3, -0.25) is 10.1 Å². The molecule has 146 valence electrons. The minimum absolute atomic E-state index is 0.0889. The van der Waals surface area contributed by atoms with E-state index in [1.807, 2.05) is 12.1 Å². The molecule has 0 atom stereocenters. The van der Waals surface area contributed by atoms with E-state index in [9.17, 15) is 4.79 Å². The van der Waals surface area contributed by atoms with E-state index in [1.165, 1.54) is 23.1 Å². The Labute approximate surface area is 168 Å². The number of benzene rings is 1. The SMILES string of the molecule is CC(C)(C)c1cccc(OCCNc2ccc(C(=O)Nc3nncs3)cn2)c1. The summed E-state index contributed by atoms with van der Waals surface area (Å²) in [5.41, 5.74) is 3.34. The van der Waals surface area contributed by atoms with Crippen molar-refractivity contribution in [2.24, 2.45) is 0 Å². The molecule has 0 fully saturated rings. The second-order valence-electron chi connectivity index (χ2n) is 7.18. The van der Waals surface area contributed by atoms with Crippen molar-refractivity contribution in [3.8, 4) is 5.75 Å². The summed E-state index contributed by atoms with van der Waals surface area (Å²) in [4.78, 5) is 16.3. The molecule has 0 radical (unpaired) electrons. The lowest BCUT2D eigenvalue weighted by Crippen LogP contribution is -2.15. The Hall–Kier alpha value is -3.00. The van der Waals surface area contributed by atoms with Crippen LogP contribution in [0.25, 0.3) is 0 Å². The number of ether oxygens (including phenoxy) is 1. The van der Waals surface area contributed by atoms with Gasteiger partial charge in [-0.1, -0.05) is 44.2 Å². The quantitative estimate of drug-likeness (QED) is 0.586. The maximum Gasteiger partial charge on any atom is 0.259 e. The molecule has 0 aliphatic carbocycles. The van der Waals surface area contributed by atoms with Crippen LogP contribution in [0.1, 0.15) is 36.7 Å². The molecule has 0 aliphatic heterocycles. The van der Waals surface area contributed by atoms with Gasteiger partial charge in [-0.05, 0) is 35.2 Å². The van der Waals surface area contributed by atoms with Crippen LogP contribution in [0, 0.1) is 0 Å². The van der Waals surface area contributed by atoms with E-state index in [-0.39, 0.29) is 11.3 Å². The number of anilines is 2. The van der Waals surface area contributed by atoms with Crippen molar-refractivity contribution in [3.63, 3.8) is 0 Å². The molecular weight excluding hydrogens is 374 g/mol. The van der Waals surface area contributed by atoms with Gasteiger partial charge in [0, 0.05) is 6.20 Å². The van der Waals surface area contributed by atoms with Crippen molar-refractivity contribution in [3.05, 3.63) is 59.2 Å². The van der Waals surface area contributed by atoms with Gasteiger partial charge in [0.2, 0.25) is 5.13 Å². The first-order chi connectivity index (χ1) is 13.4. The van der Waals surface area contributed by atoms with Gasteiger partial charge in [-0.25, -0.2) is 4.98 Å². The van der Waals surface area contributed by atoms with Crippen LogP contribution < -0.4 is 15.4 Å². The highest BCUT2D eigenvalue weighted by atomic mass is 32.1. The highest BCUT2D eigenvalue weighted by Gasteiger charge is 2.14. The van der Waals surface area contributed by atoms with Gasteiger partial charge in [0.15, 0.2) is 0 Å². The first-order valence-electron chi connectivity index (χ1n) is 8.92. The van der Waals surface area contributed by atoms with Crippen LogP contribution in [0.4, 0.5) is 10.9 Å². The summed E-state index contributed by atoms with van der Waals surface area (Å²) in [7, 11) is 0. The van der Waals surface area contributed by atoms with Crippen molar-refractivity contribution < 1.29 is 9.53 Å². The number of rotatable bonds is 7. The summed E-state index contributed by atoms with van der Waals surface area (Å²) < 4.78 is 5.82. The Morgan fingerprint density at radius 2 is 2.07 bits per heavy atom. The van der Waals surface area contributed by atoms with Crippen molar-refractivity contribution in [1.29, 1.82) is 0 Å². The number of nitrogens with one attached hydrogen (secondary N) is 2. The van der Waals surface area contributed by atoms with Crippen LogP contribution in [0.5, 0.6) is 5.75 Å². The molecule has 28 heavy (non-hydrogen) atoms. The van der Waals surface area contributed by atoms with Crippen molar-refractivity contribution in [1.82, 2.24) is 15.2 Å². The van der Waals surface area contributed by atoms with Gasteiger partial charge < -0.3 is 10.1 Å². The Bertz CT molecular complexity index is 905. The fraction of sp³-hybridized carbons (Fsp3) is 0.300. The molecule has 0 unspecified atom stereocenters. The van der Waals surface area contributed by atoms with Crippen LogP contribution in [0.3, 0.4) is 0 Å². The second-order valence-corrected chi connectivity index (χ2v) is 8.02. The fourth-order valence-electron chi connectivity index (χ4n) is 2.43. The molecule has 2 heterocycles. The molecule has 1 amide bonds. The summed E-state index contributed by atoms with van der Waals surface area (Å²) in [5.74, 6) is 1.27. The number of hydrogen-bond acceptors (Lipinski definition) is 7. The molecule has 0 saturated carbocycles. The molecule has 0 aliphatic rings. The van der Waals surface area contributed by atoms with E-state index in [0.717, 1.165) is 5.75 Å². The monoisotopic (exact) mass is 397 g/mol. The van der Waals surface area contributed by atoms with Crippen LogP contribution in [-0.2, 0) is 5.41 Å². The van der Waals surface area contributed by atoms with Crippen LogP contribution in [-0.4, -0.2) is 34.2 Å². The Kier molecular flexibility index (Phi) is 6.20. The maximum atomic E-state index is 12.1. The predicted octanol–water partition coefficient (Wildman–Crippen LogP) is 3.97. The zero-order valence-electron chi connectivity index (χ0n) is 16.1. The van der Waals surface area contributed by atoms with Crippen molar-refractivity contribution in [2.75, 3.05) is 23.8 Å². The van der Waals surface area contributed by atoms with E-state index < -0.39 is 0 Å². The highest BCUT2D eigenvalue weighted by molar-refractivity contribution is 7.13. The normalized spacial score (nSPS) is 11.1. The second kappa shape index (κ2) is 8.79. The smallest absolute Gasteiger partial charge is 0.259 e. The molecule has 3 rings (SSSR count). The summed E-state index contributed by atoms with van der Waals surface area (Å²) in [6, 6.07) is 11.6. The van der Waals surface area contributed by atoms with Gasteiger partial charge in [-0.2, -0.15) is 0 Å². The minimum Gasteiger partial charge on any atom is -0.492 e. The van der Waals surface area contributed by atoms with E-state index in [1.54, 1.807) is 17.6 Å². The number of amides is 1. The highest BCUT2D eigenvalue weighted by Crippen LogP contribution is 2.25. The van der Waals surface area contributed by atoms with E-state index in [2.05, 4.69) is 58.7 Å². The maximum absolute atomic E-state index is 12.1. The third-order valence-electron chi connectivity index (χ3n) is 3.98. The molecule has 2 aromatic heterocycles. The standard InChI is InChI=1S/C20H23N5O2S/c1-20(2,3)15-5-4-6-16(11-15)27-10-9-21-17-8-7-14(12-22-17)18(26)24-19-25-23-13-28-19/h4-8,11-13H,9-10H2,1-3H3,(H,21,22)(H,24,25,26). The third kappa shape index (κ3) is 5.50. The van der Waals surface area contributed by atoms with E-state index >= 15 is 0 Å². The number of hydrogen-bond donors (Lipinski definition) is 2. The Morgan fingerprint density at radius 3 is 2.75 bits per heavy atom. The molecule has 2 N–H and O–H groups in total. The summed E-state index contributed by atoms with van der Waals surface area (Å²) in [6.45, 7) is 7.64. The van der Waals surface area contributed by atoms with E-state index in [0.29, 0.717) is 29.7 Å². The average Bonchev–Trinajstić information content (AvgIpc) is 3.18. The fourth-order valence-corrected chi connectivity index (χ4v) is 2.87. The first kappa shape index (κ1) is 19.8. The predicted molar refractivity (Wildman–Crippen MR) is 111 cm³/mol. The van der Waals surface area contributed by atoms with Gasteiger partial charge in [0.1, 0.15) is 23.7 Å².